The van der Waals surface area contributed by atoms with Crippen molar-refractivity contribution in [1.82, 2.24) is 0 Å². The maximum absolute atomic E-state index is 5.65. The van der Waals surface area contributed by atoms with Gasteiger partial charge >= 0.3 is 0 Å². The molecule has 0 aromatic heterocycles. The lowest BCUT2D eigenvalue weighted by molar-refractivity contribution is 1.21. The first-order chi connectivity index (χ1) is 9.35. The Morgan fingerprint density at radius 2 is 1.05 bits per heavy atom. The van der Waals surface area contributed by atoms with Crippen LogP contribution in [-0.4, -0.2) is 0 Å². The lowest BCUT2D eigenvalue weighted by Gasteiger charge is -2.16. The molecule has 0 amide bonds. The topological polar surface area (TPSA) is 0 Å². The predicted octanol–water partition coefficient (Wildman–Crippen LogP) is 4.47. The van der Waals surface area contributed by atoms with Gasteiger partial charge in [-0.05, 0) is 11.1 Å². The lowest BCUT2D eigenvalue weighted by atomic mass is 10.1. The van der Waals surface area contributed by atoms with Gasteiger partial charge in [0.15, 0.2) is 0 Å². The van der Waals surface area contributed by atoms with Gasteiger partial charge in [-0.25, -0.2) is 0 Å². The Morgan fingerprint density at radius 3 is 1.37 bits per heavy atom. The molecule has 2 rings (SSSR count). The third-order valence-electron chi connectivity index (χ3n) is 2.78. The summed E-state index contributed by atoms with van der Waals surface area (Å²) in [7, 11) is 0. The molecule has 0 saturated carbocycles. The summed E-state index contributed by atoms with van der Waals surface area (Å²) in [4.78, 5) is 0. The zero-order chi connectivity index (χ0) is 13.5. The average molecular weight is 262 g/mol. The minimum atomic E-state index is -0.0255. The maximum atomic E-state index is 5.65. The summed E-state index contributed by atoms with van der Waals surface area (Å²) in [6, 6.07) is 20.1. The fourth-order valence-corrected chi connectivity index (χ4v) is 2.88. The molecule has 2 atom stereocenters. The molecule has 0 bridgehead atoms. The predicted molar refractivity (Wildman–Crippen MR) is 83.6 cm³/mol. The van der Waals surface area contributed by atoms with Crippen LogP contribution < -0.4 is 0 Å². The van der Waals surface area contributed by atoms with Crippen LogP contribution in [0.15, 0.2) is 60.7 Å². The van der Waals surface area contributed by atoms with Gasteiger partial charge in [-0.15, -0.1) is 24.6 Å². The fraction of sp³-hybridized carbons (Fsp3) is 0.111. The summed E-state index contributed by atoms with van der Waals surface area (Å²) in [5.74, 6) is 5.64. The van der Waals surface area contributed by atoms with E-state index in [1.54, 1.807) is 11.8 Å². The molecule has 0 aliphatic rings. The van der Waals surface area contributed by atoms with Crippen LogP contribution >= 0.6 is 11.8 Å². The van der Waals surface area contributed by atoms with Crippen LogP contribution in [-0.2, 0) is 0 Å². The molecule has 19 heavy (non-hydrogen) atoms. The minimum Gasteiger partial charge on any atom is -0.119 e. The van der Waals surface area contributed by atoms with E-state index in [-0.39, 0.29) is 10.5 Å². The van der Waals surface area contributed by atoms with Crippen LogP contribution in [0, 0.1) is 24.7 Å². The van der Waals surface area contributed by atoms with Gasteiger partial charge in [0, 0.05) is 0 Å². The Morgan fingerprint density at radius 1 is 0.684 bits per heavy atom. The van der Waals surface area contributed by atoms with Crippen LogP contribution in [0.4, 0.5) is 0 Å². The van der Waals surface area contributed by atoms with Crippen molar-refractivity contribution in [1.29, 1.82) is 0 Å². The fourth-order valence-electron chi connectivity index (χ4n) is 1.82. The van der Waals surface area contributed by atoms with Crippen molar-refractivity contribution in [3.05, 3.63) is 71.8 Å². The Kier molecular flexibility index (Phi) is 4.73. The van der Waals surface area contributed by atoms with E-state index in [4.69, 9.17) is 12.8 Å². The lowest BCUT2D eigenvalue weighted by Crippen LogP contribution is -1.96. The van der Waals surface area contributed by atoms with E-state index in [2.05, 4.69) is 11.8 Å². The monoisotopic (exact) mass is 262 g/mol. The van der Waals surface area contributed by atoms with Gasteiger partial charge in [0.05, 0.1) is 10.5 Å². The van der Waals surface area contributed by atoms with Gasteiger partial charge < -0.3 is 0 Å². The first kappa shape index (κ1) is 13.3. The number of benzene rings is 2. The third kappa shape index (κ3) is 3.44. The van der Waals surface area contributed by atoms with Gasteiger partial charge in [-0.2, -0.15) is 0 Å². The molecule has 0 radical (unpaired) electrons. The average Bonchev–Trinajstić information content (AvgIpc) is 2.50. The standard InChI is InChI=1S/C18H14S/c1-3-17(15-11-7-5-8-12-15)19-18(4-2)16-13-9-6-10-14-16/h1-2,5-14,17-18H. The van der Waals surface area contributed by atoms with E-state index in [9.17, 15) is 0 Å². The highest BCUT2D eigenvalue weighted by Gasteiger charge is 2.16. The summed E-state index contributed by atoms with van der Waals surface area (Å²) < 4.78 is 0. The SMILES string of the molecule is C#CC(SC(C#C)c1ccccc1)c1ccccc1. The molecule has 0 spiro atoms. The Labute approximate surface area is 119 Å². The first-order valence-electron chi connectivity index (χ1n) is 6.02. The molecule has 0 nitrogen and oxygen atoms in total. The summed E-state index contributed by atoms with van der Waals surface area (Å²) in [5.41, 5.74) is 2.23. The summed E-state index contributed by atoms with van der Waals surface area (Å²) in [5, 5.41) is -0.0510. The summed E-state index contributed by atoms with van der Waals surface area (Å²) in [6.07, 6.45) is 11.3. The molecule has 0 heterocycles. The molecule has 2 aromatic carbocycles. The largest absolute Gasteiger partial charge is 0.119 e. The van der Waals surface area contributed by atoms with Crippen LogP contribution in [0.25, 0.3) is 0 Å². The number of terminal acetylenes is 2. The second-order valence-corrected chi connectivity index (χ2v) is 5.27. The Balaban J connectivity index is 2.19. The van der Waals surface area contributed by atoms with Crippen LogP contribution in [0.1, 0.15) is 21.6 Å². The second-order valence-electron chi connectivity index (χ2n) is 4.05. The quantitative estimate of drug-likeness (QED) is 0.733. The van der Waals surface area contributed by atoms with Crippen molar-refractivity contribution >= 4 is 11.8 Å². The Hall–Kier alpha value is -2.09. The molecule has 0 fully saturated rings. The molecule has 0 aliphatic heterocycles. The highest BCUT2D eigenvalue weighted by atomic mass is 32.2. The molecule has 2 aromatic rings. The van der Waals surface area contributed by atoms with E-state index in [0.717, 1.165) is 11.1 Å². The highest BCUT2D eigenvalue weighted by molar-refractivity contribution is 8.00. The van der Waals surface area contributed by atoms with Crippen molar-refractivity contribution in [2.75, 3.05) is 0 Å². The number of hydrogen-bond acceptors (Lipinski definition) is 1. The third-order valence-corrected chi connectivity index (χ3v) is 4.14. The van der Waals surface area contributed by atoms with E-state index in [1.165, 1.54) is 0 Å². The van der Waals surface area contributed by atoms with E-state index in [1.807, 2.05) is 60.7 Å². The molecule has 2 unspecified atom stereocenters. The smallest absolute Gasteiger partial charge is 0.0919 e. The minimum absolute atomic E-state index is 0.0255. The Bertz CT molecular complexity index is 532. The zero-order valence-corrected chi connectivity index (χ0v) is 11.3. The van der Waals surface area contributed by atoms with Crippen molar-refractivity contribution in [2.24, 2.45) is 0 Å². The molecular formula is C18H14S. The van der Waals surface area contributed by atoms with Gasteiger partial charge in [-0.3, -0.25) is 0 Å². The van der Waals surface area contributed by atoms with Crippen molar-refractivity contribution in [3.63, 3.8) is 0 Å². The summed E-state index contributed by atoms with van der Waals surface area (Å²) >= 11 is 1.62. The van der Waals surface area contributed by atoms with Gasteiger partial charge in [0.25, 0.3) is 0 Å². The first-order valence-corrected chi connectivity index (χ1v) is 6.97. The number of hydrogen-bond donors (Lipinski definition) is 0. The molecule has 1 heteroatoms. The van der Waals surface area contributed by atoms with Gasteiger partial charge in [0.1, 0.15) is 0 Å². The van der Waals surface area contributed by atoms with Crippen LogP contribution in [0.3, 0.4) is 0 Å². The summed E-state index contributed by atoms with van der Waals surface area (Å²) in [6.45, 7) is 0. The molecule has 0 aliphatic carbocycles. The van der Waals surface area contributed by atoms with Crippen molar-refractivity contribution in [2.45, 2.75) is 10.5 Å². The van der Waals surface area contributed by atoms with E-state index >= 15 is 0 Å². The molecule has 0 N–H and O–H groups in total. The second kappa shape index (κ2) is 6.74. The number of thioether (sulfide) groups is 1. The van der Waals surface area contributed by atoms with Gasteiger partial charge in [0.2, 0.25) is 0 Å². The van der Waals surface area contributed by atoms with E-state index < -0.39 is 0 Å². The van der Waals surface area contributed by atoms with Crippen molar-refractivity contribution in [3.8, 4) is 24.7 Å². The van der Waals surface area contributed by atoms with E-state index in [0.29, 0.717) is 0 Å². The maximum Gasteiger partial charge on any atom is 0.0919 e. The normalized spacial score (nSPS) is 12.9. The molecular weight excluding hydrogens is 248 g/mol. The van der Waals surface area contributed by atoms with Gasteiger partial charge in [-0.1, -0.05) is 72.5 Å². The highest BCUT2D eigenvalue weighted by Crippen LogP contribution is 2.39. The molecule has 92 valence electrons. The van der Waals surface area contributed by atoms with Crippen molar-refractivity contribution < 1.29 is 0 Å². The van der Waals surface area contributed by atoms with Crippen LogP contribution in [0.5, 0.6) is 0 Å². The molecule has 0 saturated heterocycles. The number of rotatable bonds is 4. The van der Waals surface area contributed by atoms with Crippen LogP contribution in [0.2, 0.25) is 0 Å². The zero-order valence-electron chi connectivity index (χ0n) is 10.5.